The van der Waals surface area contributed by atoms with Crippen LogP contribution in [0.15, 0.2) is 63.7 Å². The summed E-state index contributed by atoms with van der Waals surface area (Å²) in [7, 11) is 0. The third-order valence-electron chi connectivity index (χ3n) is 3.48. The van der Waals surface area contributed by atoms with Crippen LogP contribution in [0, 0.1) is 0 Å². The number of carbonyl (C=O) groups is 1. The highest BCUT2D eigenvalue weighted by Crippen LogP contribution is 2.50. The van der Waals surface area contributed by atoms with Crippen LogP contribution in [-0.4, -0.2) is 6.29 Å². The summed E-state index contributed by atoms with van der Waals surface area (Å²) in [6.45, 7) is 0. The Morgan fingerprint density at radius 2 is 1.45 bits per heavy atom. The number of carbonyl (C=O) groups excluding carboxylic acids is 1. The van der Waals surface area contributed by atoms with Gasteiger partial charge in [-0.25, -0.2) is 0 Å². The van der Waals surface area contributed by atoms with Gasteiger partial charge in [0.2, 0.25) is 0 Å². The molecule has 0 aliphatic carbocycles. The number of fused-ring (bicyclic) bond motifs is 5. The third kappa shape index (κ3) is 1.67. The van der Waals surface area contributed by atoms with Crippen molar-refractivity contribution in [2.75, 3.05) is 0 Å². The first-order valence-electron chi connectivity index (χ1n) is 6.32. The van der Waals surface area contributed by atoms with Crippen LogP contribution < -0.4 is 0 Å². The van der Waals surface area contributed by atoms with Crippen LogP contribution >= 0.6 is 23.1 Å². The molecule has 0 N–H and O–H groups in total. The first-order valence-corrected chi connectivity index (χ1v) is 8.01. The van der Waals surface area contributed by atoms with E-state index in [2.05, 4.69) is 41.8 Å². The van der Waals surface area contributed by atoms with E-state index in [9.17, 15) is 4.79 Å². The quantitative estimate of drug-likeness (QED) is 0.440. The van der Waals surface area contributed by atoms with E-state index >= 15 is 0 Å². The molecule has 3 aromatic rings. The average Bonchev–Trinajstić information content (AvgIpc) is 2.86. The third-order valence-corrected chi connectivity index (χ3v) is 5.54. The lowest BCUT2D eigenvalue weighted by molar-refractivity contribution is 0.112. The second kappa shape index (κ2) is 4.62. The van der Waals surface area contributed by atoms with Crippen molar-refractivity contribution in [3.63, 3.8) is 0 Å². The van der Waals surface area contributed by atoms with Crippen molar-refractivity contribution in [2.24, 2.45) is 0 Å². The molecule has 3 heteroatoms. The van der Waals surface area contributed by atoms with Crippen LogP contribution in [0.2, 0.25) is 0 Å². The molecule has 1 aromatic heterocycles. The lowest BCUT2D eigenvalue weighted by atomic mass is 9.97. The second-order valence-electron chi connectivity index (χ2n) is 4.60. The molecule has 1 aliphatic rings. The van der Waals surface area contributed by atoms with Gasteiger partial charge in [0, 0.05) is 20.9 Å². The van der Waals surface area contributed by atoms with Crippen molar-refractivity contribution in [3.8, 4) is 22.3 Å². The van der Waals surface area contributed by atoms with Crippen LogP contribution in [0.5, 0.6) is 0 Å². The monoisotopic (exact) mass is 294 g/mol. The summed E-state index contributed by atoms with van der Waals surface area (Å²) < 4.78 is 0. The molecule has 0 amide bonds. The minimum Gasteiger partial charge on any atom is -0.297 e. The Balaban J connectivity index is 2.14. The normalized spacial score (nSPS) is 12.0. The molecule has 96 valence electrons. The van der Waals surface area contributed by atoms with Gasteiger partial charge in [-0.05, 0) is 28.6 Å². The van der Waals surface area contributed by atoms with Crippen LogP contribution in [0.3, 0.4) is 0 Å². The Bertz CT molecular complexity index is 817. The molecule has 2 heterocycles. The number of thiophene rings is 1. The van der Waals surface area contributed by atoms with Gasteiger partial charge >= 0.3 is 0 Å². The lowest BCUT2D eigenvalue weighted by Crippen LogP contribution is -1.84. The molecule has 0 bridgehead atoms. The van der Waals surface area contributed by atoms with E-state index in [4.69, 9.17) is 0 Å². The maximum atomic E-state index is 11.4. The van der Waals surface area contributed by atoms with Crippen LogP contribution in [0.1, 0.15) is 9.67 Å². The molecule has 0 atom stereocenters. The molecule has 2 aromatic carbocycles. The summed E-state index contributed by atoms with van der Waals surface area (Å²) in [6.07, 6.45) is 0.971. The summed E-state index contributed by atoms with van der Waals surface area (Å²) in [5.41, 5.74) is 4.63. The largest absolute Gasteiger partial charge is 0.297 e. The molecule has 1 aliphatic heterocycles. The first kappa shape index (κ1) is 11.9. The van der Waals surface area contributed by atoms with Crippen molar-refractivity contribution < 1.29 is 4.79 Å². The van der Waals surface area contributed by atoms with Crippen molar-refractivity contribution in [1.82, 2.24) is 0 Å². The molecule has 4 rings (SSSR count). The number of aldehydes is 1. The van der Waals surface area contributed by atoms with E-state index in [-0.39, 0.29) is 0 Å². The number of hydrogen-bond acceptors (Lipinski definition) is 3. The Morgan fingerprint density at radius 1 is 0.800 bits per heavy atom. The summed E-state index contributed by atoms with van der Waals surface area (Å²) in [6, 6.07) is 16.7. The Kier molecular flexibility index (Phi) is 2.76. The minimum absolute atomic E-state index is 0.810. The fourth-order valence-electron chi connectivity index (χ4n) is 2.59. The Hall–Kier alpha value is -1.84. The van der Waals surface area contributed by atoms with Crippen molar-refractivity contribution >= 4 is 29.4 Å². The van der Waals surface area contributed by atoms with Crippen LogP contribution in [-0.2, 0) is 0 Å². The van der Waals surface area contributed by atoms with E-state index in [1.807, 2.05) is 12.1 Å². The van der Waals surface area contributed by atoms with Gasteiger partial charge in [-0.1, -0.05) is 48.2 Å². The van der Waals surface area contributed by atoms with Crippen molar-refractivity contribution in [1.29, 1.82) is 0 Å². The highest BCUT2D eigenvalue weighted by atomic mass is 32.2. The van der Waals surface area contributed by atoms with Gasteiger partial charge < -0.3 is 0 Å². The summed E-state index contributed by atoms with van der Waals surface area (Å²) >= 11 is 3.30. The average molecular weight is 294 g/mol. The predicted molar refractivity (Wildman–Crippen MR) is 84.7 cm³/mol. The molecule has 0 radical (unpaired) electrons. The van der Waals surface area contributed by atoms with Gasteiger partial charge in [0.25, 0.3) is 0 Å². The number of benzene rings is 2. The SMILES string of the molecule is O=Cc1scc2c1-c1ccccc1Sc1ccccc1-2. The fraction of sp³-hybridized carbons (Fsp3) is 0. The van der Waals surface area contributed by atoms with Gasteiger partial charge in [0.05, 0.1) is 4.88 Å². The lowest BCUT2D eigenvalue weighted by Gasteiger charge is -2.05. The van der Waals surface area contributed by atoms with Gasteiger partial charge in [0.1, 0.15) is 0 Å². The van der Waals surface area contributed by atoms with Crippen molar-refractivity contribution in [2.45, 2.75) is 9.79 Å². The van der Waals surface area contributed by atoms with Crippen LogP contribution in [0.4, 0.5) is 0 Å². The number of hydrogen-bond donors (Lipinski definition) is 0. The topological polar surface area (TPSA) is 17.1 Å². The maximum Gasteiger partial charge on any atom is 0.160 e. The minimum atomic E-state index is 0.810. The highest BCUT2D eigenvalue weighted by Gasteiger charge is 2.23. The fourth-order valence-corrected chi connectivity index (χ4v) is 4.58. The summed E-state index contributed by atoms with van der Waals surface area (Å²) in [4.78, 5) is 14.6. The molecular formula is C17H10OS2. The van der Waals surface area contributed by atoms with E-state index < -0.39 is 0 Å². The Labute approximate surface area is 125 Å². The zero-order chi connectivity index (χ0) is 13.5. The Morgan fingerprint density at radius 3 is 2.20 bits per heavy atom. The molecule has 0 saturated carbocycles. The molecule has 0 unspecified atom stereocenters. The molecule has 20 heavy (non-hydrogen) atoms. The standard InChI is InChI=1S/C17H10OS2/c18-9-16-17-12-6-2-4-8-15(12)20-14-7-3-1-5-11(14)13(17)10-19-16/h1-10H. The second-order valence-corrected chi connectivity index (χ2v) is 6.60. The van der Waals surface area contributed by atoms with Gasteiger partial charge in [-0.2, -0.15) is 0 Å². The van der Waals surface area contributed by atoms with Crippen LogP contribution in [0.25, 0.3) is 22.3 Å². The van der Waals surface area contributed by atoms with Gasteiger partial charge in [0.15, 0.2) is 6.29 Å². The van der Waals surface area contributed by atoms with E-state index in [0.29, 0.717) is 0 Å². The van der Waals surface area contributed by atoms with E-state index in [0.717, 1.165) is 22.3 Å². The van der Waals surface area contributed by atoms with Gasteiger partial charge in [-0.15, -0.1) is 11.3 Å². The van der Waals surface area contributed by atoms with E-state index in [1.165, 1.54) is 32.3 Å². The smallest absolute Gasteiger partial charge is 0.160 e. The predicted octanol–water partition coefficient (Wildman–Crippen LogP) is 5.36. The zero-order valence-electron chi connectivity index (χ0n) is 10.5. The first-order chi connectivity index (χ1) is 9.88. The molecule has 0 spiro atoms. The van der Waals surface area contributed by atoms with E-state index in [1.54, 1.807) is 11.8 Å². The highest BCUT2D eigenvalue weighted by molar-refractivity contribution is 7.99. The zero-order valence-corrected chi connectivity index (χ0v) is 12.1. The summed E-state index contributed by atoms with van der Waals surface area (Å²) in [5, 5.41) is 2.10. The maximum absolute atomic E-state index is 11.4. The van der Waals surface area contributed by atoms with Gasteiger partial charge in [-0.3, -0.25) is 4.79 Å². The molecule has 0 saturated heterocycles. The molecule has 1 nitrogen and oxygen atoms in total. The molecular weight excluding hydrogens is 284 g/mol. The number of rotatable bonds is 1. The van der Waals surface area contributed by atoms with Crippen molar-refractivity contribution in [3.05, 3.63) is 58.8 Å². The molecule has 0 fully saturated rings. The summed E-state index contributed by atoms with van der Waals surface area (Å²) in [5.74, 6) is 0.